The Balaban J connectivity index is 1.72. The second kappa shape index (κ2) is 5.87. The highest BCUT2D eigenvalue weighted by atomic mass is 16.7. The zero-order chi connectivity index (χ0) is 16.7. The summed E-state index contributed by atoms with van der Waals surface area (Å²) in [6.07, 6.45) is 0.735. The van der Waals surface area contributed by atoms with E-state index in [2.05, 4.69) is 51.0 Å². The lowest BCUT2D eigenvalue weighted by atomic mass is 9.84. The first-order valence-electron chi connectivity index (χ1n) is 8.32. The van der Waals surface area contributed by atoms with Crippen molar-refractivity contribution in [3.05, 3.63) is 24.3 Å². The summed E-state index contributed by atoms with van der Waals surface area (Å²) in [4.78, 5) is 0. The quantitative estimate of drug-likeness (QED) is 0.860. The molecule has 1 unspecified atom stereocenters. The topological polar surface area (TPSA) is 49.2 Å². The highest BCUT2D eigenvalue weighted by Gasteiger charge is 2.39. The van der Waals surface area contributed by atoms with Crippen molar-refractivity contribution in [1.29, 1.82) is 0 Å². The molecular formula is C18H27N3O2. The molecular weight excluding hydrogens is 290 g/mol. The number of fused-ring (bicyclic) bond motifs is 1. The van der Waals surface area contributed by atoms with Crippen LogP contribution in [0.5, 0.6) is 0 Å². The summed E-state index contributed by atoms with van der Waals surface area (Å²) in [6.45, 7) is 12.4. The molecule has 0 aliphatic carbocycles. The van der Waals surface area contributed by atoms with Gasteiger partial charge in [-0.25, -0.2) is 4.68 Å². The predicted octanol–water partition coefficient (Wildman–Crippen LogP) is 3.81. The van der Waals surface area contributed by atoms with Crippen LogP contribution >= 0.6 is 0 Å². The van der Waals surface area contributed by atoms with Crippen LogP contribution < -0.4 is 0 Å². The number of nitrogens with zero attached hydrogens (tertiary/aromatic N) is 3. The third-order valence-corrected chi connectivity index (χ3v) is 4.51. The molecule has 0 saturated carbocycles. The predicted molar refractivity (Wildman–Crippen MR) is 90.1 cm³/mol. The molecule has 1 aliphatic rings. The minimum Gasteiger partial charge on any atom is -0.351 e. The summed E-state index contributed by atoms with van der Waals surface area (Å²) >= 11 is 0. The molecule has 0 bridgehead atoms. The van der Waals surface area contributed by atoms with E-state index in [1.54, 1.807) is 0 Å². The molecule has 3 rings (SSSR count). The second-order valence-corrected chi connectivity index (χ2v) is 8.18. The SMILES string of the molecule is CC(CC(C)(C)C1OCC(C)(C)CO1)n1nnc2ccccc21. The van der Waals surface area contributed by atoms with Gasteiger partial charge in [0.05, 0.1) is 24.8 Å². The summed E-state index contributed by atoms with van der Waals surface area (Å²) in [5.41, 5.74) is 2.01. The van der Waals surface area contributed by atoms with Crippen LogP contribution in [0.3, 0.4) is 0 Å². The van der Waals surface area contributed by atoms with Gasteiger partial charge in [0.25, 0.3) is 0 Å². The fraction of sp³-hybridized carbons (Fsp3) is 0.667. The Bertz CT molecular complexity index is 668. The molecule has 2 aromatic rings. The number of hydrogen-bond acceptors (Lipinski definition) is 4. The lowest BCUT2D eigenvalue weighted by Gasteiger charge is -2.42. The Morgan fingerprint density at radius 3 is 2.61 bits per heavy atom. The maximum atomic E-state index is 6.00. The monoisotopic (exact) mass is 317 g/mol. The molecule has 23 heavy (non-hydrogen) atoms. The number of rotatable bonds is 4. The van der Waals surface area contributed by atoms with Crippen molar-refractivity contribution in [2.24, 2.45) is 10.8 Å². The lowest BCUT2D eigenvalue weighted by molar-refractivity contribution is -0.265. The fourth-order valence-electron chi connectivity index (χ4n) is 3.30. The van der Waals surface area contributed by atoms with Gasteiger partial charge in [-0.3, -0.25) is 0 Å². The Morgan fingerprint density at radius 1 is 1.26 bits per heavy atom. The summed E-state index contributed by atoms with van der Waals surface area (Å²) in [5.74, 6) is 0. The van der Waals surface area contributed by atoms with Crippen LogP contribution in [-0.4, -0.2) is 34.5 Å². The third kappa shape index (κ3) is 3.40. The summed E-state index contributed by atoms with van der Waals surface area (Å²) in [5, 5.41) is 8.58. The van der Waals surface area contributed by atoms with Gasteiger partial charge in [0.2, 0.25) is 0 Å². The number of hydrogen-bond donors (Lipinski definition) is 0. The van der Waals surface area contributed by atoms with Crippen LogP contribution in [-0.2, 0) is 9.47 Å². The smallest absolute Gasteiger partial charge is 0.162 e. The first-order chi connectivity index (χ1) is 10.8. The van der Waals surface area contributed by atoms with E-state index in [9.17, 15) is 0 Å². The first-order valence-corrected chi connectivity index (χ1v) is 8.32. The van der Waals surface area contributed by atoms with E-state index in [1.807, 2.05) is 22.9 Å². The van der Waals surface area contributed by atoms with E-state index in [0.29, 0.717) is 0 Å². The van der Waals surface area contributed by atoms with Crippen LogP contribution in [0.2, 0.25) is 0 Å². The van der Waals surface area contributed by atoms with Crippen LogP contribution in [0.25, 0.3) is 11.0 Å². The van der Waals surface area contributed by atoms with Gasteiger partial charge in [0.1, 0.15) is 5.52 Å². The van der Waals surface area contributed by atoms with Crippen molar-refractivity contribution in [2.75, 3.05) is 13.2 Å². The van der Waals surface area contributed by atoms with E-state index in [4.69, 9.17) is 9.47 Å². The zero-order valence-electron chi connectivity index (χ0n) is 14.7. The number of para-hydroxylation sites is 1. The molecule has 0 spiro atoms. The minimum absolute atomic E-state index is 0.0943. The van der Waals surface area contributed by atoms with E-state index in [-0.39, 0.29) is 23.2 Å². The van der Waals surface area contributed by atoms with Crippen LogP contribution in [0.1, 0.15) is 47.1 Å². The minimum atomic E-state index is -0.173. The molecule has 5 nitrogen and oxygen atoms in total. The molecule has 5 heteroatoms. The first kappa shape index (κ1) is 16.4. The summed E-state index contributed by atoms with van der Waals surface area (Å²) < 4.78 is 14.0. The molecule has 126 valence electrons. The zero-order valence-corrected chi connectivity index (χ0v) is 14.7. The van der Waals surface area contributed by atoms with Crippen molar-refractivity contribution < 1.29 is 9.47 Å². The molecule has 0 radical (unpaired) electrons. The fourth-order valence-corrected chi connectivity index (χ4v) is 3.30. The number of ether oxygens (including phenoxy) is 2. The van der Waals surface area contributed by atoms with Crippen molar-refractivity contribution in [3.8, 4) is 0 Å². The Hall–Kier alpha value is -1.46. The van der Waals surface area contributed by atoms with Crippen molar-refractivity contribution in [1.82, 2.24) is 15.0 Å². The average molecular weight is 317 g/mol. The molecule has 1 saturated heterocycles. The standard InChI is InChI=1S/C18H27N3O2/c1-13(21-15-9-7-6-8-14(15)19-20-21)10-18(4,5)16-22-11-17(2,3)12-23-16/h6-9,13,16H,10-12H2,1-5H3. The molecule has 1 aromatic heterocycles. The van der Waals surface area contributed by atoms with Gasteiger partial charge >= 0.3 is 0 Å². The maximum Gasteiger partial charge on any atom is 0.162 e. The normalized spacial score (nSPS) is 20.7. The van der Waals surface area contributed by atoms with Crippen LogP contribution in [0.15, 0.2) is 24.3 Å². The van der Waals surface area contributed by atoms with Crippen molar-refractivity contribution in [2.45, 2.75) is 53.4 Å². The number of aromatic nitrogens is 3. The van der Waals surface area contributed by atoms with E-state index in [1.165, 1.54) is 0 Å². The third-order valence-electron chi connectivity index (χ3n) is 4.51. The van der Waals surface area contributed by atoms with Gasteiger partial charge in [-0.15, -0.1) is 5.10 Å². The van der Waals surface area contributed by atoms with E-state index >= 15 is 0 Å². The molecule has 0 amide bonds. The van der Waals surface area contributed by atoms with Gasteiger partial charge in [-0.2, -0.15) is 0 Å². The number of benzene rings is 1. The molecule has 1 atom stereocenters. The van der Waals surface area contributed by atoms with Gasteiger partial charge in [-0.05, 0) is 25.5 Å². The Labute approximate surface area is 138 Å². The summed E-state index contributed by atoms with van der Waals surface area (Å²) in [6, 6.07) is 8.29. The molecule has 1 fully saturated rings. The maximum absolute atomic E-state index is 6.00. The lowest BCUT2D eigenvalue weighted by Crippen LogP contribution is -2.45. The summed E-state index contributed by atoms with van der Waals surface area (Å²) in [7, 11) is 0. The van der Waals surface area contributed by atoms with Crippen LogP contribution in [0, 0.1) is 10.8 Å². The average Bonchev–Trinajstić information content (AvgIpc) is 2.90. The van der Waals surface area contributed by atoms with Crippen molar-refractivity contribution >= 4 is 11.0 Å². The van der Waals surface area contributed by atoms with E-state index in [0.717, 1.165) is 30.7 Å². The molecule has 0 N–H and O–H groups in total. The van der Waals surface area contributed by atoms with Crippen LogP contribution in [0.4, 0.5) is 0 Å². The van der Waals surface area contributed by atoms with Gasteiger partial charge in [0.15, 0.2) is 6.29 Å². The highest BCUT2D eigenvalue weighted by molar-refractivity contribution is 5.73. The molecule has 1 aromatic carbocycles. The highest BCUT2D eigenvalue weighted by Crippen LogP contribution is 2.38. The molecule has 2 heterocycles. The second-order valence-electron chi connectivity index (χ2n) is 8.18. The van der Waals surface area contributed by atoms with E-state index < -0.39 is 0 Å². The van der Waals surface area contributed by atoms with Crippen molar-refractivity contribution in [3.63, 3.8) is 0 Å². The van der Waals surface area contributed by atoms with Gasteiger partial charge < -0.3 is 9.47 Å². The Morgan fingerprint density at radius 2 is 1.91 bits per heavy atom. The van der Waals surface area contributed by atoms with Gasteiger partial charge in [0, 0.05) is 10.8 Å². The largest absolute Gasteiger partial charge is 0.351 e. The van der Waals surface area contributed by atoms with Gasteiger partial charge in [-0.1, -0.05) is 45.0 Å². The Kier molecular flexibility index (Phi) is 4.19. The molecule has 1 aliphatic heterocycles.